The molecule has 0 saturated carbocycles. The van der Waals surface area contributed by atoms with Gasteiger partial charge in [0.15, 0.2) is 23.6 Å². The van der Waals surface area contributed by atoms with Gasteiger partial charge in [-0.25, -0.2) is 19.3 Å². The smallest absolute Gasteiger partial charge is 0.394 e. The number of nitrogens with zero attached hydrogens (tertiary/aromatic N) is 4. The maximum absolute atomic E-state index is 12.9. The fourth-order valence-electron chi connectivity index (χ4n) is 4.33. The number of H-pyrrole nitrogens is 2. The van der Waals surface area contributed by atoms with Gasteiger partial charge in [-0.05, 0) is 0 Å². The molecule has 9 atom stereocenters. The van der Waals surface area contributed by atoms with E-state index in [9.17, 15) is 39.2 Å². The van der Waals surface area contributed by atoms with Crippen LogP contribution in [0.25, 0.3) is 11.2 Å². The second-order valence-corrected chi connectivity index (χ2v) is 10.7. The normalized spacial score (nSPS) is 32.5. The lowest BCUT2D eigenvalue weighted by Crippen LogP contribution is -2.37. The Morgan fingerprint density at radius 2 is 1.85 bits per heavy atom. The quantitative estimate of drug-likeness (QED) is 0.102. The third-order valence-electron chi connectivity index (χ3n) is 6.25. The Bertz CT molecular complexity index is 1570. The van der Waals surface area contributed by atoms with Crippen molar-refractivity contribution in [3.63, 3.8) is 0 Å². The third kappa shape index (κ3) is 5.25. The van der Waals surface area contributed by atoms with Crippen LogP contribution in [0.5, 0.6) is 0 Å². The number of aliphatic hydroxyl groups is 3. The Morgan fingerprint density at radius 3 is 2.56 bits per heavy atom. The monoisotopic (exact) mass is 590 g/mol. The maximum Gasteiger partial charge on any atom is 0.472 e. The van der Waals surface area contributed by atoms with Gasteiger partial charge < -0.3 is 34.7 Å². The van der Waals surface area contributed by atoms with Crippen LogP contribution in [0, 0.1) is 0 Å². The van der Waals surface area contributed by atoms with Crippen molar-refractivity contribution in [1.29, 1.82) is 0 Å². The minimum atomic E-state index is -4.95. The minimum absolute atomic E-state index is 0.0338. The molecular formula is C19H23N6O12PS. The second-order valence-electron chi connectivity index (χ2n) is 8.69. The molecule has 18 nitrogen and oxygen atoms in total. The first kappa shape index (κ1) is 27.8. The first-order valence-electron chi connectivity index (χ1n) is 11.3. The highest BCUT2D eigenvalue weighted by atomic mass is 32.1. The summed E-state index contributed by atoms with van der Waals surface area (Å²) in [5.74, 6) is 0. The van der Waals surface area contributed by atoms with Gasteiger partial charge in [0.1, 0.15) is 24.4 Å². The molecule has 6 N–H and O–H groups in total. The molecule has 0 amide bonds. The fraction of sp³-hybridized carbons (Fsp3) is 0.526. The first-order chi connectivity index (χ1) is 18.5. The number of phosphoric acid groups is 1. The molecule has 2 fully saturated rings. The summed E-state index contributed by atoms with van der Waals surface area (Å²) in [5.41, 5.74) is -2.09. The molecule has 0 aliphatic carbocycles. The minimum Gasteiger partial charge on any atom is -0.394 e. The molecule has 0 aromatic carbocycles. The van der Waals surface area contributed by atoms with Crippen molar-refractivity contribution in [3.05, 3.63) is 56.1 Å². The Hall–Kier alpha value is -2.71. The standard InChI is InChI=1S/C19H23N6O12PS/c26-3-7-14(39)13(18(35-7)25-6-22-10-15(25)20-5-21-16(10)30)37-38(32,33)34-4-8-11(28)12(29)17(36-8)24-2-1-9(27)23-19(24)31/h1-2,5-8,11-14,17-18,26,28-29,39H,3-4H2,(H,32,33)(H,20,21,30)(H,23,27,31)/t7-,8-,11-,12-,13-,14-,17-,18-/m1/s1. The molecule has 2 aliphatic rings. The van der Waals surface area contributed by atoms with Gasteiger partial charge in [0, 0.05) is 12.3 Å². The van der Waals surface area contributed by atoms with Gasteiger partial charge in [0.25, 0.3) is 11.1 Å². The van der Waals surface area contributed by atoms with Gasteiger partial charge in [-0.3, -0.25) is 32.8 Å². The van der Waals surface area contributed by atoms with Crippen LogP contribution in [0.15, 0.2) is 39.3 Å². The van der Waals surface area contributed by atoms with Crippen molar-refractivity contribution in [2.24, 2.45) is 0 Å². The fourth-order valence-corrected chi connectivity index (χ4v) is 5.74. The number of aromatic amines is 2. The molecule has 212 valence electrons. The highest BCUT2D eigenvalue weighted by molar-refractivity contribution is 7.81. The summed E-state index contributed by atoms with van der Waals surface area (Å²) in [7, 11) is -4.95. The van der Waals surface area contributed by atoms with Crippen LogP contribution < -0.4 is 16.8 Å². The van der Waals surface area contributed by atoms with Gasteiger partial charge in [-0.2, -0.15) is 12.6 Å². The molecular weight excluding hydrogens is 567 g/mol. The van der Waals surface area contributed by atoms with Crippen LogP contribution >= 0.6 is 20.5 Å². The summed E-state index contributed by atoms with van der Waals surface area (Å²) in [4.78, 5) is 58.2. The van der Waals surface area contributed by atoms with Gasteiger partial charge in [0.2, 0.25) is 0 Å². The predicted molar refractivity (Wildman–Crippen MR) is 130 cm³/mol. The third-order valence-corrected chi connectivity index (χ3v) is 7.86. The summed E-state index contributed by atoms with van der Waals surface area (Å²) in [6.07, 6.45) is -6.19. The van der Waals surface area contributed by atoms with Gasteiger partial charge in [0.05, 0.1) is 37.2 Å². The van der Waals surface area contributed by atoms with E-state index in [2.05, 4.69) is 27.6 Å². The largest absolute Gasteiger partial charge is 0.472 e. The molecule has 20 heteroatoms. The number of nitrogens with one attached hydrogen (secondary N) is 2. The SMILES string of the molecule is O=c1ccn([C@@H]2O[C@H](COP(=O)(O)O[C@@H]3[C@H](S)[C@@H](CO)O[C@H]3n3cnc4c(=O)[nH]cnc43)[C@@H](O)[C@H]2O)c(=O)[nH]1. The highest BCUT2D eigenvalue weighted by Gasteiger charge is 2.49. The Balaban J connectivity index is 1.31. The predicted octanol–water partition coefficient (Wildman–Crippen LogP) is -3.02. The number of aromatic nitrogens is 6. The van der Waals surface area contributed by atoms with Crippen molar-refractivity contribution in [2.45, 2.75) is 48.2 Å². The molecule has 39 heavy (non-hydrogen) atoms. The van der Waals surface area contributed by atoms with Crippen molar-refractivity contribution >= 4 is 31.6 Å². The highest BCUT2D eigenvalue weighted by Crippen LogP contribution is 2.50. The average Bonchev–Trinajstić information content (AvgIpc) is 3.53. The van der Waals surface area contributed by atoms with E-state index in [1.165, 1.54) is 10.9 Å². The number of aliphatic hydroxyl groups excluding tert-OH is 3. The number of imidazole rings is 1. The summed E-state index contributed by atoms with van der Waals surface area (Å²) < 4.78 is 36.6. The van der Waals surface area contributed by atoms with Crippen molar-refractivity contribution in [1.82, 2.24) is 29.1 Å². The van der Waals surface area contributed by atoms with E-state index < -0.39 is 86.1 Å². The Kier molecular flexibility index (Phi) is 7.63. The van der Waals surface area contributed by atoms with Crippen LogP contribution in [0.1, 0.15) is 12.5 Å². The lowest BCUT2D eigenvalue weighted by molar-refractivity contribution is -0.0634. The topological polar surface area (TPSA) is 253 Å². The van der Waals surface area contributed by atoms with Gasteiger partial charge in [-0.1, -0.05) is 0 Å². The zero-order valence-corrected chi connectivity index (χ0v) is 21.4. The van der Waals surface area contributed by atoms with E-state index in [4.69, 9.17) is 18.5 Å². The molecule has 3 aromatic heterocycles. The second kappa shape index (κ2) is 10.7. The average molecular weight is 590 g/mol. The van der Waals surface area contributed by atoms with Crippen LogP contribution in [0.3, 0.4) is 0 Å². The summed E-state index contributed by atoms with van der Waals surface area (Å²) in [5, 5.41) is 29.4. The molecule has 5 heterocycles. The molecule has 1 unspecified atom stereocenters. The summed E-state index contributed by atoms with van der Waals surface area (Å²) >= 11 is 4.35. The number of thiol groups is 1. The van der Waals surface area contributed by atoms with E-state index in [1.54, 1.807) is 0 Å². The zero-order chi connectivity index (χ0) is 28.1. The summed E-state index contributed by atoms with van der Waals surface area (Å²) in [6, 6.07) is 1.01. The zero-order valence-electron chi connectivity index (χ0n) is 19.6. The van der Waals surface area contributed by atoms with Crippen molar-refractivity contribution < 1.29 is 43.3 Å². The van der Waals surface area contributed by atoms with E-state index in [0.29, 0.717) is 0 Å². The summed E-state index contributed by atoms with van der Waals surface area (Å²) in [6.45, 7) is -1.28. The van der Waals surface area contributed by atoms with Crippen molar-refractivity contribution in [3.8, 4) is 0 Å². The van der Waals surface area contributed by atoms with Gasteiger partial charge in [-0.15, -0.1) is 0 Å². The number of hydrogen-bond donors (Lipinski definition) is 7. The first-order valence-corrected chi connectivity index (χ1v) is 13.4. The van der Waals surface area contributed by atoms with E-state index in [-0.39, 0.29) is 11.2 Å². The lowest BCUT2D eigenvalue weighted by Gasteiger charge is -2.25. The lowest BCUT2D eigenvalue weighted by atomic mass is 10.1. The molecule has 2 aliphatic heterocycles. The number of rotatable bonds is 8. The van der Waals surface area contributed by atoms with Crippen LogP contribution in [-0.4, -0.2) is 98.3 Å². The van der Waals surface area contributed by atoms with Crippen LogP contribution in [0.4, 0.5) is 0 Å². The van der Waals surface area contributed by atoms with Crippen LogP contribution in [-0.2, 0) is 23.1 Å². The molecule has 0 radical (unpaired) electrons. The Labute approximate surface area is 221 Å². The van der Waals surface area contributed by atoms with Gasteiger partial charge >= 0.3 is 13.5 Å². The Morgan fingerprint density at radius 1 is 1.10 bits per heavy atom. The molecule has 3 aromatic rings. The van der Waals surface area contributed by atoms with Crippen LogP contribution in [0.2, 0.25) is 0 Å². The molecule has 5 rings (SSSR count). The number of phosphoric ester groups is 1. The number of fused-ring (bicyclic) bond motifs is 1. The van der Waals surface area contributed by atoms with Crippen molar-refractivity contribution in [2.75, 3.05) is 13.2 Å². The molecule has 0 bridgehead atoms. The number of ether oxygens (including phenoxy) is 2. The molecule has 0 spiro atoms. The number of hydrogen-bond acceptors (Lipinski definition) is 14. The van der Waals surface area contributed by atoms with E-state index in [0.717, 1.165) is 23.2 Å². The van der Waals surface area contributed by atoms with E-state index >= 15 is 0 Å². The molecule has 2 saturated heterocycles. The maximum atomic E-state index is 12.9. The van der Waals surface area contributed by atoms with E-state index in [1.807, 2.05) is 4.98 Å².